The summed E-state index contributed by atoms with van der Waals surface area (Å²) in [6.07, 6.45) is 0.895. The van der Waals surface area contributed by atoms with Crippen LogP contribution in [0.15, 0.2) is 18.2 Å². The van der Waals surface area contributed by atoms with Crippen LogP contribution in [0.2, 0.25) is 5.02 Å². The van der Waals surface area contributed by atoms with Crippen LogP contribution in [-0.4, -0.2) is 7.11 Å². The molecule has 1 atom stereocenters. The normalized spacial score (nSPS) is 12.6. The van der Waals surface area contributed by atoms with Crippen LogP contribution >= 0.6 is 23.2 Å². The minimum atomic E-state index is 0.0335. The molecule has 0 aliphatic carbocycles. The predicted molar refractivity (Wildman–Crippen MR) is 56.9 cm³/mol. The minimum absolute atomic E-state index is 0.0335. The van der Waals surface area contributed by atoms with Crippen LogP contribution in [0.3, 0.4) is 0 Å². The lowest BCUT2D eigenvalue weighted by Gasteiger charge is -2.09. The van der Waals surface area contributed by atoms with Gasteiger partial charge in [-0.3, -0.25) is 0 Å². The molecule has 3 heteroatoms. The summed E-state index contributed by atoms with van der Waals surface area (Å²) < 4.78 is 5.09. The third kappa shape index (κ3) is 2.52. The fourth-order valence-electron chi connectivity index (χ4n) is 1.11. The first kappa shape index (κ1) is 10.7. The molecule has 1 aromatic carbocycles. The molecule has 0 heterocycles. The van der Waals surface area contributed by atoms with Crippen molar-refractivity contribution < 1.29 is 4.74 Å². The molecule has 0 saturated carbocycles. The summed E-state index contributed by atoms with van der Waals surface area (Å²) >= 11 is 11.9. The maximum atomic E-state index is 6.07. The lowest BCUT2D eigenvalue weighted by molar-refractivity contribution is 0.414. The number of benzene rings is 1. The lowest BCUT2D eigenvalue weighted by atomic mass is 10.1. The summed E-state index contributed by atoms with van der Waals surface area (Å²) in [5.74, 6) is 0.679. The molecule has 0 aliphatic rings. The van der Waals surface area contributed by atoms with Crippen molar-refractivity contribution in [2.45, 2.75) is 18.7 Å². The quantitative estimate of drug-likeness (QED) is 0.697. The van der Waals surface area contributed by atoms with Crippen LogP contribution in [0, 0.1) is 0 Å². The highest BCUT2D eigenvalue weighted by Gasteiger charge is 2.08. The van der Waals surface area contributed by atoms with E-state index < -0.39 is 0 Å². The molecule has 1 unspecified atom stereocenters. The Morgan fingerprint density at radius 1 is 1.46 bits per heavy atom. The number of ether oxygens (including phenoxy) is 1. The summed E-state index contributed by atoms with van der Waals surface area (Å²) in [7, 11) is 1.60. The third-order valence-electron chi connectivity index (χ3n) is 1.90. The highest BCUT2D eigenvalue weighted by atomic mass is 35.5. The maximum Gasteiger partial charge on any atom is 0.137 e. The number of alkyl halides is 1. The average molecular weight is 219 g/mol. The Bertz CT molecular complexity index is 286. The molecule has 1 nitrogen and oxygen atoms in total. The first-order chi connectivity index (χ1) is 6.19. The fraction of sp³-hybridized carbons (Fsp3) is 0.400. The Kier molecular flexibility index (Phi) is 3.89. The van der Waals surface area contributed by atoms with E-state index in [2.05, 4.69) is 0 Å². The fourth-order valence-corrected chi connectivity index (χ4v) is 1.44. The standard InChI is InChI=1S/C10H12Cl2O/c1-3-8(11)7-4-5-9(12)10(6-7)13-2/h4-6,8H,3H2,1-2H3. The molecule has 0 spiro atoms. The van der Waals surface area contributed by atoms with Crippen molar-refractivity contribution in [3.63, 3.8) is 0 Å². The van der Waals surface area contributed by atoms with E-state index in [9.17, 15) is 0 Å². The van der Waals surface area contributed by atoms with Crippen molar-refractivity contribution in [2.24, 2.45) is 0 Å². The van der Waals surface area contributed by atoms with Crippen LogP contribution in [0.25, 0.3) is 0 Å². The third-order valence-corrected chi connectivity index (χ3v) is 2.77. The summed E-state index contributed by atoms with van der Waals surface area (Å²) in [4.78, 5) is 0. The zero-order valence-corrected chi connectivity index (χ0v) is 9.19. The first-order valence-corrected chi connectivity index (χ1v) is 4.98. The van der Waals surface area contributed by atoms with Crippen molar-refractivity contribution in [3.8, 4) is 5.75 Å². The molecule has 0 radical (unpaired) electrons. The zero-order chi connectivity index (χ0) is 9.84. The second-order valence-corrected chi connectivity index (χ2v) is 3.70. The monoisotopic (exact) mass is 218 g/mol. The van der Waals surface area contributed by atoms with Gasteiger partial charge in [0.05, 0.1) is 17.5 Å². The average Bonchev–Trinajstić information content (AvgIpc) is 2.17. The second-order valence-electron chi connectivity index (χ2n) is 2.77. The number of rotatable bonds is 3. The van der Waals surface area contributed by atoms with Gasteiger partial charge >= 0.3 is 0 Å². The molecule has 13 heavy (non-hydrogen) atoms. The summed E-state index contributed by atoms with van der Waals surface area (Å²) in [6, 6.07) is 5.61. The van der Waals surface area contributed by atoms with E-state index >= 15 is 0 Å². The van der Waals surface area contributed by atoms with Crippen molar-refractivity contribution >= 4 is 23.2 Å². The van der Waals surface area contributed by atoms with Crippen LogP contribution < -0.4 is 4.74 Å². The van der Waals surface area contributed by atoms with Gasteiger partial charge in [-0.25, -0.2) is 0 Å². The molecular weight excluding hydrogens is 207 g/mol. The van der Waals surface area contributed by atoms with Crippen LogP contribution in [-0.2, 0) is 0 Å². The number of methoxy groups -OCH3 is 1. The Hall–Kier alpha value is -0.400. The van der Waals surface area contributed by atoms with Gasteiger partial charge in [0.1, 0.15) is 5.75 Å². The van der Waals surface area contributed by atoms with Gasteiger partial charge in [-0.05, 0) is 24.1 Å². The van der Waals surface area contributed by atoms with Crippen LogP contribution in [0.4, 0.5) is 0 Å². The maximum absolute atomic E-state index is 6.07. The first-order valence-electron chi connectivity index (χ1n) is 4.16. The molecule has 0 bridgehead atoms. The SMILES string of the molecule is CCC(Cl)c1ccc(Cl)c(OC)c1. The molecule has 1 rings (SSSR count). The molecule has 0 aromatic heterocycles. The van der Waals surface area contributed by atoms with E-state index in [1.54, 1.807) is 13.2 Å². The predicted octanol–water partition coefficient (Wildman–Crippen LogP) is 4.04. The molecule has 72 valence electrons. The number of hydrogen-bond donors (Lipinski definition) is 0. The van der Waals surface area contributed by atoms with Crippen molar-refractivity contribution in [1.82, 2.24) is 0 Å². The van der Waals surface area contributed by atoms with E-state index in [-0.39, 0.29) is 5.38 Å². The Balaban J connectivity index is 2.99. The van der Waals surface area contributed by atoms with Crippen LogP contribution in [0.5, 0.6) is 5.75 Å². The zero-order valence-electron chi connectivity index (χ0n) is 7.68. The van der Waals surface area contributed by atoms with Crippen molar-refractivity contribution in [3.05, 3.63) is 28.8 Å². The summed E-state index contributed by atoms with van der Waals surface area (Å²) in [5, 5.41) is 0.650. The van der Waals surface area contributed by atoms with Crippen LogP contribution in [0.1, 0.15) is 24.3 Å². The van der Waals surface area contributed by atoms with Gasteiger partial charge in [-0.2, -0.15) is 0 Å². The minimum Gasteiger partial charge on any atom is -0.495 e. The van der Waals surface area contributed by atoms with E-state index in [0.717, 1.165) is 12.0 Å². The molecule has 0 saturated heterocycles. The smallest absolute Gasteiger partial charge is 0.137 e. The van der Waals surface area contributed by atoms with Gasteiger partial charge in [0, 0.05) is 0 Å². The van der Waals surface area contributed by atoms with E-state index in [0.29, 0.717) is 10.8 Å². The molecular formula is C10H12Cl2O. The Morgan fingerprint density at radius 3 is 2.69 bits per heavy atom. The van der Waals surface area contributed by atoms with E-state index in [1.165, 1.54) is 0 Å². The van der Waals surface area contributed by atoms with Gasteiger partial charge in [0.15, 0.2) is 0 Å². The number of halogens is 2. The summed E-state index contributed by atoms with van der Waals surface area (Å²) in [6.45, 7) is 2.04. The Labute approximate surface area is 88.6 Å². The number of hydrogen-bond acceptors (Lipinski definition) is 1. The van der Waals surface area contributed by atoms with Gasteiger partial charge in [0.2, 0.25) is 0 Å². The summed E-state index contributed by atoms with van der Waals surface area (Å²) in [5.41, 5.74) is 1.05. The van der Waals surface area contributed by atoms with Gasteiger partial charge in [-0.15, -0.1) is 11.6 Å². The van der Waals surface area contributed by atoms with E-state index in [4.69, 9.17) is 27.9 Å². The largest absolute Gasteiger partial charge is 0.495 e. The Morgan fingerprint density at radius 2 is 2.15 bits per heavy atom. The van der Waals surface area contributed by atoms with Gasteiger partial charge < -0.3 is 4.74 Å². The molecule has 1 aromatic rings. The molecule has 0 aliphatic heterocycles. The molecule has 0 fully saturated rings. The topological polar surface area (TPSA) is 9.23 Å². The van der Waals surface area contributed by atoms with Gasteiger partial charge in [-0.1, -0.05) is 24.6 Å². The highest BCUT2D eigenvalue weighted by molar-refractivity contribution is 6.32. The second kappa shape index (κ2) is 4.73. The van der Waals surface area contributed by atoms with Crippen molar-refractivity contribution in [2.75, 3.05) is 7.11 Å². The highest BCUT2D eigenvalue weighted by Crippen LogP contribution is 2.31. The molecule has 0 N–H and O–H groups in total. The van der Waals surface area contributed by atoms with E-state index in [1.807, 2.05) is 19.1 Å². The van der Waals surface area contributed by atoms with Gasteiger partial charge in [0.25, 0.3) is 0 Å². The molecule has 0 amide bonds. The lowest BCUT2D eigenvalue weighted by Crippen LogP contribution is -1.90. The van der Waals surface area contributed by atoms with Crippen molar-refractivity contribution in [1.29, 1.82) is 0 Å².